The van der Waals surface area contributed by atoms with Crippen molar-refractivity contribution in [2.45, 2.75) is 12.8 Å². The maximum Gasteiger partial charge on any atom is 0.132 e. The van der Waals surface area contributed by atoms with Gasteiger partial charge in [0.25, 0.3) is 0 Å². The van der Waals surface area contributed by atoms with Crippen LogP contribution in [0.4, 0.5) is 4.39 Å². The molecule has 1 aliphatic heterocycles. The number of thiazole rings is 1. The van der Waals surface area contributed by atoms with Crippen molar-refractivity contribution in [3.63, 3.8) is 0 Å². The summed E-state index contributed by atoms with van der Waals surface area (Å²) in [6.07, 6.45) is 2.22. The van der Waals surface area contributed by atoms with Gasteiger partial charge in [0.15, 0.2) is 0 Å². The van der Waals surface area contributed by atoms with E-state index in [4.69, 9.17) is 0 Å². The van der Waals surface area contributed by atoms with Crippen LogP contribution in [0.25, 0.3) is 11.3 Å². The van der Waals surface area contributed by atoms with E-state index < -0.39 is 0 Å². The molecule has 2 nitrogen and oxygen atoms in total. The molecule has 0 aliphatic carbocycles. The predicted molar refractivity (Wildman–Crippen MR) is 72.2 cm³/mol. The molecule has 4 heteroatoms. The van der Waals surface area contributed by atoms with Gasteiger partial charge in [-0.25, -0.2) is 9.37 Å². The van der Waals surface area contributed by atoms with E-state index in [2.05, 4.69) is 10.3 Å². The number of halogens is 1. The Morgan fingerprint density at radius 3 is 3.06 bits per heavy atom. The summed E-state index contributed by atoms with van der Waals surface area (Å²) in [7, 11) is 0. The fourth-order valence-electron chi connectivity index (χ4n) is 2.33. The van der Waals surface area contributed by atoms with E-state index in [1.807, 2.05) is 11.4 Å². The zero-order valence-corrected chi connectivity index (χ0v) is 10.8. The molecular formula is C14H15FN2S. The molecule has 1 saturated heterocycles. The van der Waals surface area contributed by atoms with Crippen LogP contribution in [0.15, 0.2) is 29.6 Å². The van der Waals surface area contributed by atoms with Gasteiger partial charge in [0.1, 0.15) is 5.82 Å². The topological polar surface area (TPSA) is 24.9 Å². The average Bonchev–Trinajstić information content (AvgIpc) is 3.02. The van der Waals surface area contributed by atoms with Crippen molar-refractivity contribution >= 4 is 11.3 Å². The third-order valence-electron chi connectivity index (χ3n) is 3.33. The van der Waals surface area contributed by atoms with Crippen LogP contribution in [0.3, 0.4) is 0 Å². The molecule has 0 spiro atoms. The van der Waals surface area contributed by atoms with Crippen molar-refractivity contribution < 1.29 is 4.39 Å². The number of nitrogens with zero attached hydrogens (tertiary/aromatic N) is 1. The highest BCUT2D eigenvalue weighted by Crippen LogP contribution is 2.26. The molecule has 3 rings (SSSR count). The molecule has 1 unspecified atom stereocenters. The van der Waals surface area contributed by atoms with Crippen LogP contribution in [0.5, 0.6) is 0 Å². The van der Waals surface area contributed by atoms with Gasteiger partial charge in [-0.2, -0.15) is 0 Å². The number of aromatic nitrogens is 1. The Labute approximate surface area is 110 Å². The maximum atomic E-state index is 13.6. The molecule has 1 aliphatic rings. The van der Waals surface area contributed by atoms with E-state index in [9.17, 15) is 4.39 Å². The average molecular weight is 262 g/mol. The van der Waals surface area contributed by atoms with Crippen LogP contribution in [0.1, 0.15) is 11.4 Å². The molecular weight excluding hydrogens is 247 g/mol. The molecule has 2 heterocycles. The van der Waals surface area contributed by atoms with E-state index in [0.717, 1.165) is 30.2 Å². The van der Waals surface area contributed by atoms with Gasteiger partial charge in [-0.15, -0.1) is 11.3 Å². The fraction of sp³-hybridized carbons (Fsp3) is 0.357. The highest BCUT2D eigenvalue weighted by Gasteiger charge is 2.17. The van der Waals surface area contributed by atoms with Crippen LogP contribution in [-0.2, 0) is 6.42 Å². The van der Waals surface area contributed by atoms with Crippen molar-refractivity contribution in [3.8, 4) is 11.3 Å². The Balaban J connectivity index is 1.79. The summed E-state index contributed by atoms with van der Waals surface area (Å²) in [5.74, 6) is 0.488. The first-order valence-corrected chi connectivity index (χ1v) is 7.11. The molecule has 1 aromatic heterocycles. The second kappa shape index (κ2) is 5.16. The molecule has 0 bridgehead atoms. The Bertz CT molecular complexity index is 532. The lowest BCUT2D eigenvalue weighted by atomic mass is 10.1. The molecule has 1 fully saturated rings. The molecule has 2 aromatic rings. The summed E-state index contributed by atoms with van der Waals surface area (Å²) in [6, 6.07) is 6.81. The van der Waals surface area contributed by atoms with Crippen molar-refractivity contribution in [2.75, 3.05) is 13.1 Å². The predicted octanol–water partition coefficient (Wildman–Crippen LogP) is 3.10. The second-order valence-electron chi connectivity index (χ2n) is 4.67. The molecule has 1 atom stereocenters. The molecule has 18 heavy (non-hydrogen) atoms. The van der Waals surface area contributed by atoms with E-state index in [0.29, 0.717) is 11.5 Å². The monoisotopic (exact) mass is 262 g/mol. The minimum Gasteiger partial charge on any atom is -0.316 e. The van der Waals surface area contributed by atoms with E-state index in [-0.39, 0.29) is 5.82 Å². The van der Waals surface area contributed by atoms with Crippen LogP contribution >= 0.6 is 11.3 Å². The lowest BCUT2D eigenvalue weighted by Gasteiger charge is -2.04. The highest BCUT2D eigenvalue weighted by atomic mass is 32.1. The standard InChI is InChI=1S/C14H15FN2S/c15-12-4-2-1-3-11(12)13-9-18-14(17-13)7-10-5-6-16-8-10/h1-4,9-10,16H,5-8H2. The summed E-state index contributed by atoms with van der Waals surface area (Å²) >= 11 is 1.63. The SMILES string of the molecule is Fc1ccccc1-c1csc(CC2CCNC2)n1. The fourth-order valence-corrected chi connectivity index (χ4v) is 3.24. The summed E-state index contributed by atoms with van der Waals surface area (Å²) in [5, 5.41) is 6.42. The molecule has 0 amide bonds. The number of hydrogen-bond donors (Lipinski definition) is 1. The summed E-state index contributed by atoms with van der Waals surface area (Å²) < 4.78 is 13.6. The minimum atomic E-state index is -0.197. The van der Waals surface area contributed by atoms with E-state index >= 15 is 0 Å². The van der Waals surface area contributed by atoms with Crippen LogP contribution in [0.2, 0.25) is 0 Å². The zero-order valence-electron chi connectivity index (χ0n) is 10.0. The van der Waals surface area contributed by atoms with Gasteiger partial charge in [-0.3, -0.25) is 0 Å². The first-order valence-electron chi connectivity index (χ1n) is 6.23. The van der Waals surface area contributed by atoms with Crippen molar-refractivity contribution in [1.29, 1.82) is 0 Å². The first-order chi connectivity index (χ1) is 8.83. The molecule has 94 valence electrons. The number of rotatable bonds is 3. The van der Waals surface area contributed by atoms with Gasteiger partial charge in [0, 0.05) is 17.4 Å². The quantitative estimate of drug-likeness (QED) is 0.919. The zero-order chi connectivity index (χ0) is 12.4. The van der Waals surface area contributed by atoms with Crippen molar-refractivity contribution in [2.24, 2.45) is 5.92 Å². The molecule has 0 saturated carbocycles. The van der Waals surface area contributed by atoms with Crippen LogP contribution in [0, 0.1) is 11.7 Å². The smallest absolute Gasteiger partial charge is 0.132 e. The normalized spacial score (nSPS) is 19.3. The summed E-state index contributed by atoms with van der Waals surface area (Å²) in [5.41, 5.74) is 1.36. The third kappa shape index (κ3) is 2.44. The van der Waals surface area contributed by atoms with Gasteiger partial charge in [-0.05, 0) is 37.6 Å². The Morgan fingerprint density at radius 1 is 1.39 bits per heavy atom. The molecule has 1 N–H and O–H groups in total. The van der Waals surface area contributed by atoms with Gasteiger partial charge in [-0.1, -0.05) is 12.1 Å². The Morgan fingerprint density at radius 2 is 2.28 bits per heavy atom. The highest BCUT2D eigenvalue weighted by molar-refractivity contribution is 7.09. The Kier molecular flexibility index (Phi) is 3.39. The van der Waals surface area contributed by atoms with Gasteiger partial charge in [0.05, 0.1) is 10.7 Å². The number of benzene rings is 1. The second-order valence-corrected chi connectivity index (χ2v) is 5.61. The van der Waals surface area contributed by atoms with Crippen LogP contribution in [-0.4, -0.2) is 18.1 Å². The third-order valence-corrected chi connectivity index (χ3v) is 4.20. The van der Waals surface area contributed by atoms with Crippen LogP contribution < -0.4 is 5.32 Å². The molecule has 0 radical (unpaired) electrons. The Hall–Kier alpha value is -1.26. The van der Waals surface area contributed by atoms with Crippen molar-refractivity contribution in [3.05, 3.63) is 40.5 Å². The van der Waals surface area contributed by atoms with E-state index in [1.165, 1.54) is 12.5 Å². The summed E-state index contributed by atoms with van der Waals surface area (Å²) in [4.78, 5) is 4.56. The van der Waals surface area contributed by atoms with Gasteiger partial charge < -0.3 is 5.32 Å². The number of nitrogens with one attached hydrogen (secondary N) is 1. The van der Waals surface area contributed by atoms with Crippen molar-refractivity contribution in [1.82, 2.24) is 10.3 Å². The number of hydrogen-bond acceptors (Lipinski definition) is 3. The largest absolute Gasteiger partial charge is 0.316 e. The molecule has 1 aromatic carbocycles. The lowest BCUT2D eigenvalue weighted by Crippen LogP contribution is -2.10. The maximum absolute atomic E-state index is 13.6. The van der Waals surface area contributed by atoms with Gasteiger partial charge >= 0.3 is 0 Å². The van der Waals surface area contributed by atoms with Gasteiger partial charge in [0.2, 0.25) is 0 Å². The van der Waals surface area contributed by atoms with E-state index in [1.54, 1.807) is 23.5 Å². The first kappa shape index (κ1) is 11.8. The minimum absolute atomic E-state index is 0.197. The lowest BCUT2D eigenvalue weighted by molar-refractivity contribution is 0.578. The summed E-state index contributed by atoms with van der Waals surface area (Å²) in [6.45, 7) is 2.19.